The van der Waals surface area contributed by atoms with Crippen LogP contribution in [0, 0.1) is 5.92 Å². The molecule has 1 N–H and O–H groups in total. The second-order valence-corrected chi connectivity index (χ2v) is 7.36. The van der Waals surface area contributed by atoms with Crippen LogP contribution in [0.3, 0.4) is 0 Å². The zero-order valence-corrected chi connectivity index (χ0v) is 15.0. The molecule has 0 aromatic heterocycles. The zero-order chi connectivity index (χ0) is 16.7. The summed E-state index contributed by atoms with van der Waals surface area (Å²) in [5.74, 6) is 0.987. The molecule has 0 bridgehead atoms. The minimum absolute atomic E-state index is 0.0106. The van der Waals surface area contributed by atoms with E-state index in [4.69, 9.17) is 5.11 Å². The van der Waals surface area contributed by atoms with Gasteiger partial charge < -0.3 is 14.9 Å². The number of hydrogen-bond donors (Lipinski definition) is 1. The van der Waals surface area contributed by atoms with Crippen molar-refractivity contribution in [2.24, 2.45) is 5.92 Å². The van der Waals surface area contributed by atoms with Gasteiger partial charge >= 0.3 is 0 Å². The lowest BCUT2D eigenvalue weighted by molar-refractivity contribution is -0.136. The van der Waals surface area contributed by atoms with E-state index in [9.17, 15) is 4.79 Å². The molecule has 2 saturated heterocycles. The molecule has 0 aromatic carbocycles. The van der Waals surface area contributed by atoms with Gasteiger partial charge in [-0.05, 0) is 58.7 Å². The van der Waals surface area contributed by atoms with Gasteiger partial charge in [0.05, 0.1) is 12.6 Å². The molecule has 0 aromatic rings. The first-order valence-corrected chi connectivity index (χ1v) is 9.44. The average Bonchev–Trinajstić information content (AvgIpc) is 2.84. The maximum atomic E-state index is 12.7. The molecule has 2 fully saturated rings. The van der Waals surface area contributed by atoms with Crippen molar-refractivity contribution in [1.82, 2.24) is 14.7 Å². The van der Waals surface area contributed by atoms with Gasteiger partial charge in [-0.1, -0.05) is 12.8 Å². The molecule has 5 heteroatoms. The number of amides is 1. The number of likely N-dealkylation sites (tertiary alicyclic amines) is 2. The highest BCUT2D eigenvalue weighted by atomic mass is 16.3. The van der Waals surface area contributed by atoms with Crippen LogP contribution in [0.2, 0.25) is 0 Å². The Morgan fingerprint density at radius 2 is 1.74 bits per heavy atom. The molecule has 0 saturated carbocycles. The second kappa shape index (κ2) is 9.60. The Balaban J connectivity index is 1.75. The first kappa shape index (κ1) is 18.7. The minimum Gasteiger partial charge on any atom is -0.395 e. The molecule has 1 amide bonds. The Hall–Kier alpha value is -0.650. The Bertz CT molecular complexity index is 348. The predicted molar refractivity (Wildman–Crippen MR) is 93.4 cm³/mol. The lowest BCUT2D eigenvalue weighted by Crippen LogP contribution is -2.48. The SMILES string of the molecule is CC(C(=O)N1CCCCCC1)N(C)CC1CCN(CCO)CC1. The van der Waals surface area contributed by atoms with Gasteiger partial charge in [0, 0.05) is 26.2 Å². The standard InChI is InChI=1S/C18H35N3O2/c1-16(18(23)21-9-5-3-4-6-10-21)19(2)15-17-7-11-20(12-8-17)13-14-22/h16-17,22H,3-15H2,1-2H3. The lowest BCUT2D eigenvalue weighted by Gasteiger charge is -2.36. The number of likely N-dealkylation sites (N-methyl/N-ethyl adjacent to an activating group) is 1. The van der Waals surface area contributed by atoms with Gasteiger partial charge in [-0.2, -0.15) is 0 Å². The van der Waals surface area contributed by atoms with Gasteiger partial charge in [-0.15, -0.1) is 0 Å². The summed E-state index contributed by atoms with van der Waals surface area (Å²) in [5.41, 5.74) is 0. The predicted octanol–water partition coefficient (Wildman–Crippen LogP) is 1.41. The molecule has 2 rings (SSSR count). The molecular formula is C18H35N3O2. The van der Waals surface area contributed by atoms with Crippen molar-refractivity contribution in [3.05, 3.63) is 0 Å². The van der Waals surface area contributed by atoms with Crippen LogP contribution in [-0.4, -0.2) is 84.7 Å². The molecule has 0 spiro atoms. The Labute approximate surface area is 141 Å². The van der Waals surface area contributed by atoms with Gasteiger partial charge in [0.1, 0.15) is 0 Å². The second-order valence-electron chi connectivity index (χ2n) is 7.36. The number of nitrogens with zero attached hydrogens (tertiary/aromatic N) is 3. The average molecular weight is 325 g/mol. The summed E-state index contributed by atoms with van der Waals surface area (Å²) in [5, 5.41) is 9.02. The van der Waals surface area contributed by atoms with Crippen molar-refractivity contribution in [3.63, 3.8) is 0 Å². The van der Waals surface area contributed by atoms with Crippen molar-refractivity contribution in [2.45, 2.75) is 51.5 Å². The highest BCUT2D eigenvalue weighted by Crippen LogP contribution is 2.19. The number of aliphatic hydroxyl groups is 1. The first-order valence-electron chi connectivity index (χ1n) is 9.44. The van der Waals surface area contributed by atoms with Crippen LogP contribution >= 0.6 is 0 Å². The number of piperidine rings is 1. The van der Waals surface area contributed by atoms with Crippen LogP contribution in [0.15, 0.2) is 0 Å². The fraction of sp³-hybridized carbons (Fsp3) is 0.944. The molecule has 2 heterocycles. The Kier molecular flexibility index (Phi) is 7.80. The molecular weight excluding hydrogens is 290 g/mol. The van der Waals surface area contributed by atoms with Gasteiger partial charge in [0.2, 0.25) is 5.91 Å². The fourth-order valence-corrected chi connectivity index (χ4v) is 3.84. The normalized spacial score (nSPS) is 23.0. The topological polar surface area (TPSA) is 47.0 Å². The highest BCUT2D eigenvalue weighted by Gasteiger charge is 2.27. The number of rotatable bonds is 6. The third-order valence-corrected chi connectivity index (χ3v) is 5.61. The summed E-state index contributed by atoms with van der Waals surface area (Å²) in [6.07, 6.45) is 7.20. The number of β-amino-alcohol motifs (C(OH)–C–C–N with tert-alkyl or cyclic N) is 1. The summed E-state index contributed by atoms with van der Waals surface area (Å²) in [4.78, 5) is 19.4. The molecule has 1 atom stereocenters. The van der Waals surface area contributed by atoms with Crippen LogP contribution in [0.4, 0.5) is 0 Å². The third-order valence-electron chi connectivity index (χ3n) is 5.61. The molecule has 1 unspecified atom stereocenters. The zero-order valence-electron chi connectivity index (χ0n) is 15.0. The van der Waals surface area contributed by atoms with E-state index in [-0.39, 0.29) is 12.6 Å². The Morgan fingerprint density at radius 3 is 2.30 bits per heavy atom. The summed E-state index contributed by atoms with van der Waals surface area (Å²) >= 11 is 0. The van der Waals surface area contributed by atoms with Crippen molar-refractivity contribution in [3.8, 4) is 0 Å². The molecule has 5 nitrogen and oxygen atoms in total. The quantitative estimate of drug-likeness (QED) is 0.802. The van der Waals surface area contributed by atoms with Crippen molar-refractivity contribution in [1.29, 1.82) is 0 Å². The fourth-order valence-electron chi connectivity index (χ4n) is 3.84. The smallest absolute Gasteiger partial charge is 0.239 e. The summed E-state index contributed by atoms with van der Waals surface area (Å²) in [6, 6.07) is -0.0106. The van der Waals surface area contributed by atoms with Crippen LogP contribution in [0.5, 0.6) is 0 Å². The maximum Gasteiger partial charge on any atom is 0.239 e. The summed E-state index contributed by atoms with van der Waals surface area (Å²) < 4.78 is 0. The van der Waals surface area contributed by atoms with Gasteiger partial charge in [0.15, 0.2) is 0 Å². The first-order chi connectivity index (χ1) is 11.1. The number of carbonyl (C=O) groups is 1. The van der Waals surface area contributed by atoms with E-state index in [0.29, 0.717) is 11.8 Å². The summed E-state index contributed by atoms with van der Waals surface area (Å²) in [6.45, 7) is 8.16. The maximum absolute atomic E-state index is 12.7. The largest absolute Gasteiger partial charge is 0.395 e. The number of carbonyl (C=O) groups excluding carboxylic acids is 1. The van der Waals surface area contributed by atoms with E-state index in [1.54, 1.807) is 0 Å². The number of hydrogen-bond acceptors (Lipinski definition) is 4. The summed E-state index contributed by atoms with van der Waals surface area (Å²) in [7, 11) is 2.10. The van der Waals surface area contributed by atoms with E-state index < -0.39 is 0 Å². The molecule has 23 heavy (non-hydrogen) atoms. The lowest BCUT2D eigenvalue weighted by atomic mass is 9.96. The minimum atomic E-state index is -0.0106. The molecule has 0 aliphatic carbocycles. The van der Waals surface area contributed by atoms with Crippen LogP contribution in [0.1, 0.15) is 45.4 Å². The van der Waals surface area contributed by atoms with Gasteiger partial charge in [0.25, 0.3) is 0 Å². The van der Waals surface area contributed by atoms with Crippen molar-refractivity contribution >= 4 is 5.91 Å². The van der Waals surface area contributed by atoms with E-state index in [1.165, 1.54) is 25.7 Å². The van der Waals surface area contributed by atoms with Crippen LogP contribution in [0.25, 0.3) is 0 Å². The monoisotopic (exact) mass is 325 g/mol. The van der Waals surface area contributed by atoms with E-state index >= 15 is 0 Å². The third kappa shape index (κ3) is 5.73. The van der Waals surface area contributed by atoms with Crippen LogP contribution in [-0.2, 0) is 4.79 Å². The molecule has 134 valence electrons. The van der Waals surface area contributed by atoms with E-state index in [0.717, 1.165) is 52.1 Å². The molecule has 2 aliphatic heterocycles. The van der Waals surface area contributed by atoms with Gasteiger partial charge in [-0.25, -0.2) is 0 Å². The van der Waals surface area contributed by atoms with Gasteiger partial charge in [-0.3, -0.25) is 9.69 Å². The van der Waals surface area contributed by atoms with Crippen molar-refractivity contribution in [2.75, 3.05) is 52.9 Å². The van der Waals surface area contributed by atoms with E-state index in [1.807, 2.05) is 0 Å². The number of aliphatic hydroxyl groups excluding tert-OH is 1. The van der Waals surface area contributed by atoms with Crippen LogP contribution < -0.4 is 0 Å². The molecule has 0 radical (unpaired) electrons. The highest BCUT2D eigenvalue weighted by molar-refractivity contribution is 5.81. The van der Waals surface area contributed by atoms with Crippen molar-refractivity contribution < 1.29 is 9.90 Å². The van der Waals surface area contributed by atoms with E-state index in [2.05, 4.69) is 28.7 Å². The Morgan fingerprint density at radius 1 is 1.13 bits per heavy atom. The molecule has 2 aliphatic rings.